The Balaban J connectivity index is 1.78. The quantitative estimate of drug-likeness (QED) is 0.426. The van der Waals surface area contributed by atoms with Gasteiger partial charge in [-0.1, -0.05) is 53.7 Å². The first-order chi connectivity index (χ1) is 15.2. The van der Waals surface area contributed by atoms with Crippen LogP contribution in [-0.2, 0) is 11.3 Å². The minimum atomic E-state index is -4.45. The van der Waals surface area contributed by atoms with E-state index in [4.69, 9.17) is 21.1 Å². The highest BCUT2D eigenvalue weighted by Gasteiger charge is 2.31. The summed E-state index contributed by atoms with van der Waals surface area (Å²) < 4.78 is 51.0. The Hall–Kier alpha value is -2.85. The van der Waals surface area contributed by atoms with E-state index in [1.54, 1.807) is 30.3 Å². The third-order valence-electron chi connectivity index (χ3n) is 4.31. The Morgan fingerprint density at radius 1 is 1.16 bits per heavy atom. The first-order valence-corrected chi connectivity index (χ1v) is 10.6. The number of methoxy groups -OCH3 is 2. The number of hydrogen-bond acceptors (Lipinski definition) is 5. The van der Waals surface area contributed by atoms with Gasteiger partial charge in [-0.05, 0) is 5.56 Å². The molecule has 32 heavy (non-hydrogen) atoms. The van der Waals surface area contributed by atoms with E-state index in [-0.39, 0.29) is 10.9 Å². The molecule has 0 spiro atoms. The fraction of sp³-hybridized carbons (Fsp3) is 0.238. The number of ether oxygens (including phenoxy) is 2. The maximum atomic E-state index is 13.2. The third kappa shape index (κ3) is 5.89. The van der Waals surface area contributed by atoms with Crippen molar-refractivity contribution in [3.05, 3.63) is 53.7 Å². The second-order valence-corrected chi connectivity index (χ2v) is 7.87. The van der Waals surface area contributed by atoms with Gasteiger partial charge in [-0.3, -0.25) is 4.79 Å². The maximum absolute atomic E-state index is 13.2. The lowest BCUT2D eigenvalue weighted by molar-refractivity contribution is -0.141. The van der Waals surface area contributed by atoms with Crippen molar-refractivity contribution < 1.29 is 27.4 Å². The Kier molecular flexibility index (Phi) is 7.57. The van der Waals surface area contributed by atoms with Crippen LogP contribution in [0.1, 0.15) is 0 Å². The summed E-state index contributed by atoms with van der Waals surface area (Å²) in [5, 5.41) is 3.04. The van der Waals surface area contributed by atoms with Crippen LogP contribution in [-0.4, -0.2) is 41.6 Å². The number of rotatable bonds is 8. The Bertz CT molecular complexity index is 1090. The number of carbonyl (C=O) groups is 1. The number of amides is 1. The summed E-state index contributed by atoms with van der Waals surface area (Å²) >= 11 is 6.96. The second-order valence-electron chi connectivity index (χ2n) is 6.52. The maximum Gasteiger partial charge on any atom is 0.406 e. The van der Waals surface area contributed by atoms with Crippen molar-refractivity contribution >= 4 is 35.0 Å². The molecule has 3 rings (SSSR count). The molecule has 0 unspecified atom stereocenters. The van der Waals surface area contributed by atoms with Crippen molar-refractivity contribution in [2.75, 3.05) is 25.3 Å². The summed E-state index contributed by atoms with van der Waals surface area (Å²) in [5.41, 5.74) is 1.23. The highest BCUT2D eigenvalue weighted by Crippen LogP contribution is 2.36. The normalized spacial score (nSPS) is 11.3. The molecule has 0 radical (unpaired) electrons. The topological polar surface area (TPSA) is 65.4 Å². The number of nitrogens with one attached hydrogen (secondary N) is 1. The van der Waals surface area contributed by atoms with Gasteiger partial charge in [0.1, 0.15) is 18.0 Å². The number of imidazole rings is 1. The Morgan fingerprint density at radius 2 is 1.84 bits per heavy atom. The van der Waals surface area contributed by atoms with E-state index in [2.05, 4.69) is 10.3 Å². The van der Waals surface area contributed by atoms with Gasteiger partial charge in [-0.15, -0.1) is 0 Å². The number of alkyl halides is 3. The highest BCUT2D eigenvalue weighted by atomic mass is 35.5. The van der Waals surface area contributed by atoms with Crippen LogP contribution in [0.2, 0.25) is 5.02 Å². The van der Waals surface area contributed by atoms with Crippen LogP contribution in [0.4, 0.5) is 18.9 Å². The molecule has 0 atom stereocenters. The summed E-state index contributed by atoms with van der Waals surface area (Å²) in [4.78, 5) is 16.6. The zero-order chi connectivity index (χ0) is 23.3. The fourth-order valence-electron chi connectivity index (χ4n) is 2.92. The lowest BCUT2D eigenvalue weighted by Crippen LogP contribution is -2.20. The molecule has 11 heteroatoms. The molecule has 0 aliphatic rings. The number of aromatic nitrogens is 2. The van der Waals surface area contributed by atoms with E-state index < -0.39 is 18.6 Å². The highest BCUT2D eigenvalue weighted by molar-refractivity contribution is 7.99. The smallest absolute Gasteiger partial charge is 0.406 e. The molecule has 1 heterocycles. The number of thioether (sulfide) groups is 1. The molecule has 1 aromatic heterocycles. The fourth-order valence-corrected chi connectivity index (χ4v) is 3.93. The molecule has 0 fully saturated rings. The van der Waals surface area contributed by atoms with Crippen LogP contribution in [0.25, 0.3) is 11.3 Å². The molecule has 1 N–H and O–H groups in total. The van der Waals surface area contributed by atoms with Gasteiger partial charge in [0.15, 0.2) is 5.16 Å². The predicted molar refractivity (Wildman–Crippen MR) is 118 cm³/mol. The van der Waals surface area contributed by atoms with Gasteiger partial charge >= 0.3 is 6.18 Å². The summed E-state index contributed by atoms with van der Waals surface area (Å²) in [5.74, 6) is 0.0280. The van der Waals surface area contributed by atoms with Crippen LogP contribution < -0.4 is 14.8 Å². The number of hydrogen-bond donors (Lipinski definition) is 1. The van der Waals surface area contributed by atoms with E-state index >= 15 is 0 Å². The van der Waals surface area contributed by atoms with Crippen LogP contribution in [0.5, 0.6) is 11.5 Å². The number of anilines is 1. The largest absolute Gasteiger partial charge is 0.495 e. The number of benzene rings is 2. The van der Waals surface area contributed by atoms with E-state index in [0.29, 0.717) is 33.5 Å². The minimum Gasteiger partial charge on any atom is -0.495 e. The molecule has 0 bridgehead atoms. The van der Waals surface area contributed by atoms with Gasteiger partial charge in [0.2, 0.25) is 5.91 Å². The van der Waals surface area contributed by atoms with Crippen molar-refractivity contribution in [2.24, 2.45) is 0 Å². The van der Waals surface area contributed by atoms with Gasteiger partial charge in [0.25, 0.3) is 0 Å². The standard InChI is InChI=1S/C21H19ClF3N3O3S/c1-30-17-9-15(18(31-2)8-14(17)22)27-19(29)11-32-20-26-10-16(13-6-4-3-5-7-13)28(20)12-21(23,24)25/h3-10H,11-12H2,1-2H3,(H,27,29). The van der Waals surface area contributed by atoms with Crippen molar-refractivity contribution in [1.29, 1.82) is 0 Å². The van der Waals surface area contributed by atoms with E-state index in [1.165, 1.54) is 32.5 Å². The average molecular weight is 486 g/mol. The molecule has 0 saturated carbocycles. The summed E-state index contributed by atoms with van der Waals surface area (Å²) in [6.45, 7) is -1.22. The molecule has 0 saturated heterocycles. The summed E-state index contributed by atoms with van der Waals surface area (Å²) in [6.07, 6.45) is -3.08. The molecular weight excluding hydrogens is 467 g/mol. The number of carbonyl (C=O) groups excluding carboxylic acids is 1. The van der Waals surface area contributed by atoms with Crippen molar-refractivity contribution in [3.8, 4) is 22.8 Å². The number of nitrogens with zero attached hydrogens (tertiary/aromatic N) is 2. The molecule has 170 valence electrons. The third-order valence-corrected chi connectivity index (χ3v) is 5.59. The molecule has 6 nitrogen and oxygen atoms in total. The molecule has 2 aromatic carbocycles. The van der Waals surface area contributed by atoms with Crippen LogP contribution in [0, 0.1) is 0 Å². The van der Waals surface area contributed by atoms with Gasteiger partial charge in [0, 0.05) is 12.1 Å². The van der Waals surface area contributed by atoms with Crippen molar-refractivity contribution in [3.63, 3.8) is 0 Å². The average Bonchev–Trinajstić information content (AvgIpc) is 3.14. The van der Waals surface area contributed by atoms with Gasteiger partial charge in [-0.2, -0.15) is 13.2 Å². The SMILES string of the molecule is COc1cc(NC(=O)CSc2ncc(-c3ccccc3)n2CC(F)(F)F)c(OC)cc1Cl. The Morgan fingerprint density at radius 3 is 2.47 bits per heavy atom. The second kappa shape index (κ2) is 10.2. The monoisotopic (exact) mass is 485 g/mol. The predicted octanol–water partition coefficient (Wildman–Crippen LogP) is 5.51. The van der Waals surface area contributed by atoms with E-state index in [0.717, 1.165) is 16.3 Å². The Labute approximate surface area is 191 Å². The summed E-state index contributed by atoms with van der Waals surface area (Å²) in [6, 6.07) is 11.6. The molecule has 0 aliphatic heterocycles. The lowest BCUT2D eigenvalue weighted by Gasteiger charge is -2.15. The van der Waals surface area contributed by atoms with Gasteiger partial charge in [0.05, 0.1) is 42.6 Å². The van der Waals surface area contributed by atoms with Crippen LogP contribution in [0.15, 0.2) is 53.8 Å². The molecule has 0 aliphatic carbocycles. The minimum absolute atomic E-state index is 0.0805. The van der Waals surface area contributed by atoms with E-state index in [9.17, 15) is 18.0 Å². The molecular formula is C21H19ClF3N3O3S. The molecule has 3 aromatic rings. The lowest BCUT2D eigenvalue weighted by atomic mass is 10.2. The van der Waals surface area contributed by atoms with Crippen LogP contribution >= 0.6 is 23.4 Å². The van der Waals surface area contributed by atoms with Gasteiger partial charge in [-0.25, -0.2) is 4.98 Å². The first-order valence-electron chi connectivity index (χ1n) is 9.23. The van der Waals surface area contributed by atoms with Crippen molar-refractivity contribution in [2.45, 2.75) is 17.9 Å². The zero-order valence-corrected chi connectivity index (χ0v) is 18.6. The van der Waals surface area contributed by atoms with E-state index in [1.807, 2.05) is 0 Å². The van der Waals surface area contributed by atoms with Crippen molar-refractivity contribution in [1.82, 2.24) is 9.55 Å². The first kappa shape index (κ1) is 23.8. The zero-order valence-electron chi connectivity index (χ0n) is 17.1. The van der Waals surface area contributed by atoms with Crippen LogP contribution in [0.3, 0.4) is 0 Å². The summed E-state index contributed by atoms with van der Waals surface area (Å²) in [7, 11) is 2.85. The van der Waals surface area contributed by atoms with Gasteiger partial charge < -0.3 is 19.4 Å². The molecule has 1 amide bonds. The number of halogens is 4.